The third-order valence-corrected chi connectivity index (χ3v) is 5.17. The third-order valence-electron chi connectivity index (χ3n) is 5.17. The summed E-state index contributed by atoms with van der Waals surface area (Å²) in [4.78, 5) is 0. The van der Waals surface area contributed by atoms with Crippen LogP contribution in [0.3, 0.4) is 0 Å². The second-order valence-electron chi connectivity index (χ2n) is 7.60. The number of hydrogen-bond donors (Lipinski definition) is 2. The second kappa shape index (κ2) is 9.09. The minimum atomic E-state index is 0.932. The number of hydrazine groups is 1. The van der Waals surface area contributed by atoms with E-state index < -0.39 is 0 Å². The standard InChI is InChI=1S/C24H33N3/c1-5-7-20-8-10-23(11-9-20)26-27(6-2)17-21-12-13-25-24-19(4)14-18(3)15-22(24)16-21/h8-11,14-16,25-26H,5-7,12-13,17H2,1-4H3. The number of fused-ring (bicyclic) bond motifs is 1. The van der Waals surface area contributed by atoms with E-state index in [0.29, 0.717) is 0 Å². The molecule has 144 valence electrons. The van der Waals surface area contributed by atoms with Gasteiger partial charge in [-0.25, -0.2) is 5.01 Å². The Kier molecular flexibility index (Phi) is 6.57. The number of rotatable bonds is 7. The van der Waals surface area contributed by atoms with Gasteiger partial charge in [0.2, 0.25) is 0 Å². The molecule has 0 amide bonds. The lowest BCUT2D eigenvalue weighted by Crippen LogP contribution is -2.31. The van der Waals surface area contributed by atoms with Gasteiger partial charge in [-0.3, -0.25) is 0 Å². The number of anilines is 2. The summed E-state index contributed by atoms with van der Waals surface area (Å²) in [5, 5.41) is 5.92. The SMILES string of the molecule is CCCc1ccc(NN(CC)CC2=Cc3cc(C)cc(C)c3NCC2)cc1. The van der Waals surface area contributed by atoms with Crippen molar-refractivity contribution >= 4 is 17.5 Å². The molecular formula is C24H33N3. The number of likely N-dealkylation sites (N-methyl/N-ethyl adjacent to an activating group) is 1. The van der Waals surface area contributed by atoms with Crippen LogP contribution in [-0.2, 0) is 6.42 Å². The molecule has 3 nitrogen and oxygen atoms in total. The number of nitrogens with zero attached hydrogens (tertiary/aromatic N) is 1. The van der Waals surface area contributed by atoms with E-state index in [9.17, 15) is 0 Å². The van der Waals surface area contributed by atoms with Crippen LogP contribution in [0.5, 0.6) is 0 Å². The van der Waals surface area contributed by atoms with Crippen molar-refractivity contribution in [2.75, 3.05) is 30.4 Å². The molecule has 1 aliphatic heterocycles. The molecule has 1 heterocycles. The first-order valence-corrected chi connectivity index (χ1v) is 10.2. The Morgan fingerprint density at radius 1 is 1.07 bits per heavy atom. The van der Waals surface area contributed by atoms with Gasteiger partial charge in [-0.05, 0) is 61.6 Å². The Labute approximate surface area is 164 Å². The van der Waals surface area contributed by atoms with E-state index in [-0.39, 0.29) is 0 Å². The lowest BCUT2D eigenvalue weighted by Gasteiger charge is -2.24. The summed E-state index contributed by atoms with van der Waals surface area (Å²) in [6.45, 7) is 11.7. The lowest BCUT2D eigenvalue weighted by molar-refractivity contribution is 0.374. The normalized spacial score (nSPS) is 13.6. The molecule has 2 N–H and O–H groups in total. The zero-order valence-corrected chi connectivity index (χ0v) is 17.2. The molecule has 2 aromatic rings. The zero-order valence-electron chi connectivity index (χ0n) is 17.2. The average Bonchev–Trinajstić information content (AvgIpc) is 2.85. The van der Waals surface area contributed by atoms with Gasteiger partial charge in [0.15, 0.2) is 0 Å². The highest BCUT2D eigenvalue weighted by molar-refractivity contribution is 5.73. The molecule has 3 heteroatoms. The lowest BCUT2D eigenvalue weighted by atomic mass is 10.0. The average molecular weight is 364 g/mol. The van der Waals surface area contributed by atoms with E-state index in [4.69, 9.17) is 0 Å². The van der Waals surface area contributed by atoms with Crippen molar-refractivity contribution in [1.82, 2.24) is 5.01 Å². The summed E-state index contributed by atoms with van der Waals surface area (Å²) in [5.41, 5.74) is 12.9. The van der Waals surface area contributed by atoms with Gasteiger partial charge in [-0.2, -0.15) is 0 Å². The molecule has 0 aliphatic carbocycles. The molecular weight excluding hydrogens is 330 g/mol. The van der Waals surface area contributed by atoms with Crippen LogP contribution in [0.15, 0.2) is 42.0 Å². The highest BCUT2D eigenvalue weighted by Crippen LogP contribution is 2.28. The molecule has 3 rings (SSSR count). The van der Waals surface area contributed by atoms with Crippen molar-refractivity contribution in [1.29, 1.82) is 0 Å². The van der Waals surface area contributed by atoms with Crippen molar-refractivity contribution in [2.24, 2.45) is 0 Å². The Morgan fingerprint density at radius 2 is 1.85 bits per heavy atom. The van der Waals surface area contributed by atoms with Gasteiger partial charge in [-0.1, -0.05) is 55.7 Å². The zero-order chi connectivity index (χ0) is 19.2. The number of hydrogen-bond acceptors (Lipinski definition) is 3. The van der Waals surface area contributed by atoms with Crippen LogP contribution < -0.4 is 10.7 Å². The molecule has 0 radical (unpaired) electrons. The van der Waals surface area contributed by atoms with Gasteiger partial charge in [0.05, 0.1) is 0 Å². The summed E-state index contributed by atoms with van der Waals surface area (Å²) in [6, 6.07) is 13.4. The predicted molar refractivity (Wildman–Crippen MR) is 118 cm³/mol. The highest BCUT2D eigenvalue weighted by Gasteiger charge is 2.13. The fourth-order valence-corrected chi connectivity index (χ4v) is 3.81. The minimum Gasteiger partial charge on any atom is -0.384 e. The van der Waals surface area contributed by atoms with Crippen molar-refractivity contribution in [3.63, 3.8) is 0 Å². The summed E-state index contributed by atoms with van der Waals surface area (Å²) in [5.74, 6) is 0. The van der Waals surface area contributed by atoms with Crippen LogP contribution in [0.25, 0.3) is 6.08 Å². The van der Waals surface area contributed by atoms with E-state index in [1.54, 1.807) is 0 Å². The first kappa shape index (κ1) is 19.5. The van der Waals surface area contributed by atoms with Crippen molar-refractivity contribution in [3.8, 4) is 0 Å². The van der Waals surface area contributed by atoms with Crippen LogP contribution in [0.4, 0.5) is 11.4 Å². The quantitative estimate of drug-likeness (QED) is 0.608. The molecule has 0 saturated heterocycles. The van der Waals surface area contributed by atoms with E-state index >= 15 is 0 Å². The maximum absolute atomic E-state index is 3.62. The van der Waals surface area contributed by atoms with Crippen molar-refractivity contribution in [3.05, 3.63) is 64.2 Å². The van der Waals surface area contributed by atoms with Gasteiger partial charge < -0.3 is 10.7 Å². The molecule has 0 saturated carbocycles. The molecule has 0 spiro atoms. The summed E-state index contributed by atoms with van der Waals surface area (Å²) in [6.07, 6.45) is 5.79. The first-order valence-electron chi connectivity index (χ1n) is 10.2. The van der Waals surface area contributed by atoms with Crippen LogP contribution in [0.1, 0.15) is 48.9 Å². The molecule has 1 aliphatic rings. The number of benzene rings is 2. The third kappa shape index (κ3) is 5.14. The van der Waals surface area contributed by atoms with Crippen LogP contribution in [0.2, 0.25) is 0 Å². The predicted octanol–water partition coefficient (Wildman–Crippen LogP) is 5.80. The maximum Gasteiger partial charge on any atom is 0.0490 e. The van der Waals surface area contributed by atoms with Crippen LogP contribution in [-0.4, -0.2) is 24.6 Å². The van der Waals surface area contributed by atoms with Crippen LogP contribution in [0, 0.1) is 13.8 Å². The van der Waals surface area contributed by atoms with E-state index in [0.717, 1.165) is 38.2 Å². The number of nitrogens with one attached hydrogen (secondary N) is 2. The molecule has 27 heavy (non-hydrogen) atoms. The Bertz CT molecular complexity index is 790. The molecule has 0 fully saturated rings. The highest BCUT2D eigenvalue weighted by atomic mass is 15.5. The molecule has 0 atom stereocenters. The van der Waals surface area contributed by atoms with Gasteiger partial charge in [-0.15, -0.1) is 0 Å². The summed E-state index contributed by atoms with van der Waals surface area (Å²) in [7, 11) is 0. The smallest absolute Gasteiger partial charge is 0.0490 e. The van der Waals surface area contributed by atoms with E-state index in [1.807, 2.05) is 0 Å². The van der Waals surface area contributed by atoms with E-state index in [2.05, 4.69) is 85.9 Å². The van der Waals surface area contributed by atoms with Gasteiger partial charge in [0.1, 0.15) is 0 Å². The summed E-state index contributed by atoms with van der Waals surface area (Å²) < 4.78 is 0. The number of aryl methyl sites for hydroxylation is 3. The minimum absolute atomic E-state index is 0.932. The second-order valence-corrected chi connectivity index (χ2v) is 7.60. The largest absolute Gasteiger partial charge is 0.384 e. The van der Waals surface area contributed by atoms with E-state index in [1.165, 1.54) is 39.9 Å². The van der Waals surface area contributed by atoms with Gasteiger partial charge in [0.25, 0.3) is 0 Å². The molecule has 0 unspecified atom stereocenters. The molecule has 2 aromatic carbocycles. The monoisotopic (exact) mass is 363 g/mol. The fraction of sp³-hybridized carbons (Fsp3) is 0.417. The van der Waals surface area contributed by atoms with Crippen molar-refractivity contribution < 1.29 is 0 Å². The summed E-state index contributed by atoms with van der Waals surface area (Å²) >= 11 is 0. The maximum atomic E-state index is 3.62. The Hall–Kier alpha value is -2.26. The van der Waals surface area contributed by atoms with Gasteiger partial charge >= 0.3 is 0 Å². The Balaban J connectivity index is 1.72. The molecule has 0 aromatic heterocycles. The van der Waals surface area contributed by atoms with Gasteiger partial charge in [0, 0.05) is 31.0 Å². The van der Waals surface area contributed by atoms with Crippen molar-refractivity contribution in [2.45, 2.75) is 47.0 Å². The fourth-order valence-electron chi connectivity index (χ4n) is 3.81. The topological polar surface area (TPSA) is 27.3 Å². The molecule has 0 bridgehead atoms. The van der Waals surface area contributed by atoms with Crippen LogP contribution >= 0.6 is 0 Å². The Morgan fingerprint density at radius 3 is 2.56 bits per heavy atom. The first-order chi connectivity index (χ1) is 13.1.